The van der Waals surface area contributed by atoms with E-state index in [1.54, 1.807) is 7.11 Å². The maximum atomic E-state index is 5.78. The molecule has 0 bridgehead atoms. The molecule has 0 saturated heterocycles. The molecule has 1 N–H and O–H groups in total. The SMILES string of the molecule is CC=Cc1ccc(OCCNC(C)CCC)c(OC)c1. The van der Waals surface area contributed by atoms with Crippen LogP contribution >= 0.6 is 0 Å². The Morgan fingerprint density at radius 2 is 2.10 bits per heavy atom. The number of rotatable bonds is 9. The fourth-order valence-corrected chi connectivity index (χ4v) is 2.10. The van der Waals surface area contributed by atoms with E-state index >= 15 is 0 Å². The number of hydrogen-bond donors (Lipinski definition) is 1. The lowest BCUT2D eigenvalue weighted by Gasteiger charge is -2.14. The molecule has 1 aromatic carbocycles. The molecular formula is C17H27NO2. The van der Waals surface area contributed by atoms with Gasteiger partial charge in [-0.2, -0.15) is 0 Å². The topological polar surface area (TPSA) is 30.5 Å². The zero-order valence-corrected chi connectivity index (χ0v) is 13.1. The molecule has 1 rings (SSSR count). The monoisotopic (exact) mass is 277 g/mol. The van der Waals surface area contributed by atoms with Crippen molar-refractivity contribution >= 4 is 6.08 Å². The zero-order valence-electron chi connectivity index (χ0n) is 13.1. The van der Waals surface area contributed by atoms with Crippen molar-refractivity contribution in [1.82, 2.24) is 5.32 Å². The van der Waals surface area contributed by atoms with E-state index in [9.17, 15) is 0 Å². The van der Waals surface area contributed by atoms with E-state index in [-0.39, 0.29) is 0 Å². The summed E-state index contributed by atoms with van der Waals surface area (Å²) in [5.41, 5.74) is 1.12. The molecule has 1 aromatic rings. The van der Waals surface area contributed by atoms with E-state index in [0.717, 1.165) is 23.6 Å². The molecule has 0 aliphatic rings. The van der Waals surface area contributed by atoms with Crippen LogP contribution in [0.3, 0.4) is 0 Å². The van der Waals surface area contributed by atoms with Crippen molar-refractivity contribution in [2.24, 2.45) is 0 Å². The molecule has 0 spiro atoms. The van der Waals surface area contributed by atoms with Crippen molar-refractivity contribution in [3.05, 3.63) is 29.8 Å². The van der Waals surface area contributed by atoms with E-state index in [1.807, 2.05) is 37.3 Å². The molecule has 1 atom stereocenters. The summed E-state index contributed by atoms with van der Waals surface area (Å²) < 4.78 is 11.1. The van der Waals surface area contributed by atoms with Gasteiger partial charge in [0.05, 0.1) is 7.11 Å². The van der Waals surface area contributed by atoms with Gasteiger partial charge in [-0.25, -0.2) is 0 Å². The lowest BCUT2D eigenvalue weighted by molar-refractivity contribution is 0.286. The van der Waals surface area contributed by atoms with E-state index < -0.39 is 0 Å². The van der Waals surface area contributed by atoms with Gasteiger partial charge in [0.2, 0.25) is 0 Å². The number of hydrogen-bond acceptors (Lipinski definition) is 3. The van der Waals surface area contributed by atoms with Gasteiger partial charge >= 0.3 is 0 Å². The number of ether oxygens (including phenoxy) is 2. The molecule has 0 fully saturated rings. The van der Waals surface area contributed by atoms with Gasteiger partial charge in [0.15, 0.2) is 11.5 Å². The molecule has 0 heterocycles. The van der Waals surface area contributed by atoms with E-state index in [4.69, 9.17) is 9.47 Å². The highest BCUT2D eigenvalue weighted by atomic mass is 16.5. The average molecular weight is 277 g/mol. The predicted octanol–water partition coefficient (Wildman–Crippen LogP) is 3.89. The maximum absolute atomic E-state index is 5.78. The van der Waals surface area contributed by atoms with E-state index in [0.29, 0.717) is 12.6 Å². The third-order valence-corrected chi connectivity index (χ3v) is 3.12. The van der Waals surface area contributed by atoms with Crippen LogP contribution in [0.15, 0.2) is 24.3 Å². The molecular weight excluding hydrogens is 250 g/mol. The van der Waals surface area contributed by atoms with Gasteiger partial charge in [-0.1, -0.05) is 31.6 Å². The predicted molar refractivity (Wildman–Crippen MR) is 85.6 cm³/mol. The van der Waals surface area contributed by atoms with Gasteiger partial charge < -0.3 is 14.8 Å². The van der Waals surface area contributed by atoms with Crippen molar-refractivity contribution in [2.75, 3.05) is 20.3 Å². The molecule has 0 radical (unpaired) electrons. The van der Waals surface area contributed by atoms with Gasteiger partial charge in [-0.05, 0) is 38.0 Å². The summed E-state index contributed by atoms with van der Waals surface area (Å²) in [4.78, 5) is 0. The van der Waals surface area contributed by atoms with Crippen molar-refractivity contribution < 1.29 is 9.47 Å². The average Bonchev–Trinajstić information content (AvgIpc) is 2.45. The number of nitrogens with one attached hydrogen (secondary N) is 1. The van der Waals surface area contributed by atoms with Crippen LogP contribution in [0.5, 0.6) is 11.5 Å². The first-order valence-corrected chi connectivity index (χ1v) is 7.38. The minimum Gasteiger partial charge on any atom is -0.493 e. The van der Waals surface area contributed by atoms with Gasteiger partial charge in [-0.3, -0.25) is 0 Å². The largest absolute Gasteiger partial charge is 0.493 e. The Morgan fingerprint density at radius 1 is 1.30 bits per heavy atom. The first-order chi connectivity index (χ1) is 9.71. The highest BCUT2D eigenvalue weighted by Crippen LogP contribution is 2.28. The first-order valence-electron chi connectivity index (χ1n) is 7.38. The quantitative estimate of drug-likeness (QED) is 0.695. The Kier molecular flexibility index (Phi) is 7.81. The van der Waals surface area contributed by atoms with Gasteiger partial charge in [0.25, 0.3) is 0 Å². The molecule has 0 aliphatic heterocycles. The number of benzene rings is 1. The van der Waals surface area contributed by atoms with Crippen LogP contribution in [0.25, 0.3) is 6.08 Å². The minimum atomic E-state index is 0.544. The lowest BCUT2D eigenvalue weighted by atomic mass is 10.2. The summed E-state index contributed by atoms with van der Waals surface area (Å²) in [6.45, 7) is 7.90. The molecule has 1 unspecified atom stereocenters. The fourth-order valence-electron chi connectivity index (χ4n) is 2.10. The van der Waals surface area contributed by atoms with Gasteiger partial charge in [0, 0.05) is 12.6 Å². The first kappa shape index (κ1) is 16.6. The Labute approximate surface area is 123 Å². The van der Waals surface area contributed by atoms with Crippen LogP contribution in [0.4, 0.5) is 0 Å². The third-order valence-electron chi connectivity index (χ3n) is 3.12. The highest BCUT2D eigenvalue weighted by molar-refractivity contribution is 5.55. The minimum absolute atomic E-state index is 0.544. The fraction of sp³-hybridized carbons (Fsp3) is 0.529. The third kappa shape index (κ3) is 5.66. The van der Waals surface area contributed by atoms with Crippen LogP contribution in [0, 0.1) is 0 Å². The van der Waals surface area contributed by atoms with E-state index in [2.05, 4.69) is 19.2 Å². The molecule has 112 valence electrons. The Bertz CT molecular complexity index is 415. The van der Waals surface area contributed by atoms with Crippen LogP contribution in [0.1, 0.15) is 39.2 Å². The summed E-state index contributed by atoms with van der Waals surface area (Å²) in [6.07, 6.45) is 6.45. The van der Waals surface area contributed by atoms with Gasteiger partial charge in [0.1, 0.15) is 6.61 Å². The van der Waals surface area contributed by atoms with E-state index in [1.165, 1.54) is 12.8 Å². The standard InChI is InChI=1S/C17H27NO2/c1-5-7-14(3)18-11-12-20-16-10-9-15(8-6-2)13-17(16)19-4/h6,8-10,13-14,18H,5,7,11-12H2,1-4H3. The molecule has 0 amide bonds. The number of methoxy groups -OCH3 is 1. The van der Waals surface area contributed by atoms with Crippen LogP contribution in [0.2, 0.25) is 0 Å². The Morgan fingerprint density at radius 3 is 2.75 bits per heavy atom. The van der Waals surface area contributed by atoms with Crippen LogP contribution in [-0.4, -0.2) is 26.3 Å². The Balaban J connectivity index is 2.47. The maximum Gasteiger partial charge on any atom is 0.161 e. The smallest absolute Gasteiger partial charge is 0.161 e. The molecule has 3 nitrogen and oxygen atoms in total. The summed E-state index contributed by atoms with van der Waals surface area (Å²) in [5.74, 6) is 1.58. The van der Waals surface area contributed by atoms with Crippen molar-refractivity contribution in [2.45, 2.75) is 39.7 Å². The molecule has 0 aliphatic carbocycles. The lowest BCUT2D eigenvalue weighted by Crippen LogP contribution is -2.30. The summed E-state index contributed by atoms with van der Waals surface area (Å²) in [6, 6.07) is 6.53. The second kappa shape index (κ2) is 9.43. The summed E-state index contributed by atoms with van der Waals surface area (Å²) in [7, 11) is 1.67. The van der Waals surface area contributed by atoms with Crippen LogP contribution < -0.4 is 14.8 Å². The zero-order chi connectivity index (χ0) is 14.8. The second-order valence-corrected chi connectivity index (χ2v) is 4.90. The van der Waals surface area contributed by atoms with Gasteiger partial charge in [-0.15, -0.1) is 0 Å². The summed E-state index contributed by atoms with van der Waals surface area (Å²) >= 11 is 0. The molecule has 0 saturated carbocycles. The second-order valence-electron chi connectivity index (χ2n) is 4.90. The number of allylic oxidation sites excluding steroid dienone is 1. The summed E-state index contributed by atoms with van der Waals surface area (Å²) in [5, 5.41) is 3.45. The Hall–Kier alpha value is -1.48. The van der Waals surface area contributed by atoms with Crippen LogP contribution in [-0.2, 0) is 0 Å². The highest BCUT2D eigenvalue weighted by Gasteiger charge is 2.05. The van der Waals surface area contributed by atoms with Crippen molar-refractivity contribution in [3.8, 4) is 11.5 Å². The molecule has 3 heteroatoms. The molecule has 0 aromatic heterocycles. The molecule has 20 heavy (non-hydrogen) atoms. The van der Waals surface area contributed by atoms with Crippen molar-refractivity contribution in [1.29, 1.82) is 0 Å². The normalized spacial score (nSPS) is 12.6. The van der Waals surface area contributed by atoms with Crippen molar-refractivity contribution in [3.63, 3.8) is 0 Å².